The van der Waals surface area contributed by atoms with Crippen LogP contribution in [0, 0.1) is 0 Å². The first-order chi connectivity index (χ1) is 8.61. The molecular weight excluding hydrogens is 306 g/mol. The Balaban J connectivity index is -0.000000320. The Morgan fingerprint density at radius 3 is 1.37 bits per heavy atom. The summed E-state index contributed by atoms with van der Waals surface area (Å²) in [5.74, 6) is 0. The van der Waals surface area contributed by atoms with Gasteiger partial charge in [0.15, 0.2) is 0 Å². The van der Waals surface area contributed by atoms with E-state index in [1.54, 1.807) is 0 Å². The predicted octanol–water partition coefficient (Wildman–Crippen LogP) is 3.85. The summed E-state index contributed by atoms with van der Waals surface area (Å²) >= 11 is 6.58. The third kappa shape index (κ3) is 7.74. The van der Waals surface area contributed by atoms with Gasteiger partial charge < -0.3 is 7.96 Å². The van der Waals surface area contributed by atoms with Crippen molar-refractivity contribution in [3.8, 4) is 11.1 Å². The Labute approximate surface area is 156 Å². The van der Waals surface area contributed by atoms with E-state index in [1.165, 1.54) is 11.1 Å². The van der Waals surface area contributed by atoms with E-state index in [9.17, 15) is 4.79 Å². The fraction of sp³-hybridized carbons (Fsp3) is 0. The third-order valence-electron chi connectivity index (χ3n) is 2.05. The van der Waals surface area contributed by atoms with Gasteiger partial charge in [-0.05, 0) is 36.8 Å². The maximum absolute atomic E-state index is 9.47. The summed E-state index contributed by atoms with van der Waals surface area (Å²) in [4.78, 5) is 9.47. The average molecular weight is 321 g/mol. The molecule has 1 amide bonds. The van der Waals surface area contributed by atoms with Crippen molar-refractivity contribution >= 4 is 69.5 Å². The molecule has 1 N–H and O–H groups in total. The van der Waals surface area contributed by atoms with Crippen LogP contribution in [0.15, 0.2) is 60.7 Å². The van der Waals surface area contributed by atoms with E-state index in [0.29, 0.717) is 3.71 Å². The van der Waals surface area contributed by atoms with Crippen molar-refractivity contribution in [2.45, 2.75) is 0 Å². The molecule has 0 unspecified atom stereocenters. The van der Waals surface area contributed by atoms with E-state index in [0.717, 1.165) is 0 Å². The Kier molecular flexibility index (Phi) is 10.3. The predicted molar refractivity (Wildman–Crippen MR) is 87.7 cm³/mol. The summed E-state index contributed by atoms with van der Waals surface area (Å²) < 4.78 is 0.472. The van der Waals surface area contributed by atoms with Gasteiger partial charge in [-0.1, -0.05) is 60.7 Å². The maximum atomic E-state index is 9.47. The number of thiol groups is 2. The second-order valence-corrected chi connectivity index (χ2v) is 4.42. The number of benzene rings is 2. The van der Waals surface area contributed by atoms with E-state index in [2.05, 4.69) is 74.2 Å². The van der Waals surface area contributed by atoms with Crippen LogP contribution in [0.4, 0.5) is 4.79 Å². The van der Waals surface area contributed by atoms with Gasteiger partial charge in [-0.25, -0.2) is 4.79 Å². The number of hydrogen-bond acceptors (Lipinski definition) is 3. The quantitative estimate of drug-likeness (QED) is 0.551. The molecule has 6 heteroatoms. The molecule has 19 heavy (non-hydrogen) atoms. The number of carbonyl (C=O) groups is 1. The second kappa shape index (κ2) is 10.5. The van der Waals surface area contributed by atoms with Crippen LogP contribution >= 0.6 is 25.6 Å². The monoisotopic (exact) mass is 321 g/mol. The van der Waals surface area contributed by atoms with Gasteiger partial charge in [0.2, 0.25) is 0 Å². The van der Waals surface area contributed by atoms with Gasteiger partial charge in [-0.3, -0.25) is 0 Å². The summed E-state index contributed by atoms with van der Waals surface area (Å²) in [5.41, 5.74) is 2.55. The zero-order chi connectivity index (χ0) is 13.4. The fourth-order valence-electron chi connectivity index (χ4n) is 1.26. The van der Waals surface area contributed by atoms with Crippen molar-refractivity contribution in [2.75, 3.05) is 0 Å². The van der Waals surface area contributed by atoms with E-state index < -0.39 is 6.09 Å². The number of carboxylic acid groups (broad SMARTS) is 1. The topological polar surface area (TPSA) is 40.5 Å². The molecule has 2 aromatic rings. The van der Waals surface area contributed by atoms with Crippen LogP contribution in [-0.4, -0.2) is 52.6 Å². The normalized spacial score (nSPS) is 8.53. The van der Waals surface area contributed by atoms with E-state index >= 15 is 0 Å². The van der Waals surface area contributed by atoms with Crippen molar-refractivity contribution in [3.63, 3.8) is 0 Å². The molecule has 0 atom stereocenters. The molecule has 2 rings (SSSR count). The molecule has 98 valence electrons. The zero-order valence-corrected chi connectivity index (χ0v) is 14.2. The molecule has 0 aliphatic rings. The molecule has 0 bridgehead atoms. The van der Waals surface area contributed by atoms with Crippen LogP contribution in [-0.2, 0) is 0 Å². The minimum Gasteiger partial charge on any atom is -1.00 e. The smallest absolute Gasteiger partial charge is 1.00 e. The van der Waals surface area contributed by atoms with Crippen LogP contribution < -0.4 is 0 Å². The summed E-state index contributed by atoms with van der Waals surface area (Å²) in [5, 5.41) is 7.76. The van der Waals surface area contributed by atoms with Crippen molar-refractivity contribution in [1.29, 1.82) is 0 Å². The minimum absolute atomic E-state index is 0. The third-order valence-corrected chi connectivity index (χ3v) is 2.39. The molecule has 0 aromatic heterocycles. The molecule has 2 aromatic carbocycles. The Morgan fingerprint density at radius 1 is 0.895 bits per heavy atom. The minimum atomic E-state index is -1.18. The average Bonchev–Trinajstić information content (AvgIpc) is 2.41. The molecule has 0 spiro atoms. The molecule has 0 saturated heterocycles. The van der Waals surface area contributed by atoms with Gasteiger partial charge >= 0.3 is 43.8 Å². The first kappa shape index (κ1) is 18.7. The number of rotatable bonds is 1. The Bertz CT molecular complexity index is 453. The standard InChI is InChI=1S/C12H10.CH3NO2S2.Ca.2H/c1-3-7-11(8-4-1)12-9-5-2-6-10-12;3-1(4)2(5)6;;;/h1-10H;5-6H,(H,3,4);;;/q;;+2;2*-1. The van der Waals surface area contributed by atoms with Gasteiger partial charge in [0, 0.05) is 0 Å². The number of hydrogen-bond donors (Lipinski definition) is 3. The molecule has 3 nitrogen and oxygen atoms in total. The SMILES string of the molecule is O=C(O)N(S)S.[Ca+2].[H-].[H-].c1ccc(-c2ccccc2)cc1. The summed E-state index contributed by atoms with van der Waals surface area (Å²) in [6.45, 7) is 0. The first-order valence-corrected chi connectivity index (χ1v) is 5.92. The molecule has 0 aliphatic heterocycles. The molecule has 0 aliphatic carbocycles. The molecule has 0 fully saturated rings. The van der Waals surface area contributed by atoms with E-state index in [4.69, 9.17) is 5.11 Å². The summed E-state index contributed by atoms with van der Waals surface area (Å²) in [6.07, 6.45) is -1.18. The fourth-order valence-corrected chi connectivity index (χ4v) is 1.26. The summed E-state index contributed by atoms with van der Waals surface area (Å²) in [6, 6.07) is 20.8. The van der Waals surface area contributed by atoms with Crippen LogP contribution in [0.5, 0.6) is 0 Å². The van der Waals surface area contributed by atoms with Gasteiger partial charge in [0.05, 0.1) is 0 Å². The van der Waals surface area contributed by atoms with Crippen molar-refractivity contribution in [1.82, 2.24) is 3.71 Å². The maximum Gasteiger partial charge on any atom is 2.00 e. The Hall–Kier alpha value is -0.330. The van der Waals surface area contributed by atoms with Crippen molar-refractivity contribution in [2.24, 2.45) is 0 Å². The van der Waals surface area contributed by atoms with Crippen LogP contribution in [0.25, 0.3) is 11.1 Å². The number of nitrogens with zero attached hydrogens (tertiary/aromatic N) is 1. The van der Waals surface area contributed by atoms with Crippen LogP contribution in [0.3, 0.4) is 0 Å². The number of amides is 1. The molecule has 0 saturated carbocycles. The molecular formula is C13H15CaNO2S2. The first-order valence-electron chi connectivity index (χ1n) is 5.12. The summed E-state index contributed by atoms with van der Waals surface area (Å²) in [7, 11) is 0. The van der Waals surface area contributed by atoms with Crippen LogP contribution in [0.2, 0.25) is 0 Å². The van der Waals surface area contributed by atoms with Crippen LogP contribution in [0.1, 0.15) is 2.85 Å². The second-order valence-electron chi connectivity index (χ2n) is 3.30. The molecule has 0 radical (unpaired) electrons. The Morgan fingerprint density at radius 2 is 1.16 bits per heavy atom. The van der Waals surface area contributed by atoms with E-state index in [-0.39, 0.29) is 40.6 Å². The van der Waals surface area contributed by atoms with Gasteiger partial charge in [0.1, 0.15) is 0 Å². The molecule has 0 heterocycles. The van der Waals surface area contributed by atoms with Gasteiger partial charge in [-0.2, -0.15) is 3.71 Å². The van der Waals surface area contributed by atoms with Crippen molar-refractivity contribution < 1.29 is 12.8 Å². The van der Waals surface area contributed by atoms with Gasteiger partial charge in [-0.15, -0.1) is 0 Å². The zero-order valence-electron chi connectivity index (χ0n) is 12.2. The largest absolute Gasteiger partial charge is 2.00 e. The van der Waals surface area contributed by atoms with Crippen molar-refractivity contribution in [3.05, 3.63) is 60.7 Å². The van der Waals surface area contributed by atoms with Gasteiger partial charge in [0.25, 0.3) is 0 Å². The van der Waals surface area contributed by atoms with E-state index in [1.807, 2.05) is 12.1 Å².